The Bertz CT molecular complexity index is 833. The number of hydrogen-bond acceptors (Lipinski definition) is 3. The van der Waals surface area contributed by atoms with E-state index in [1.807, 2.05) is 18.2 Å². The molecule has 2 heterocycles. The molecule has 0 aliphatic carbocycles. The van der Waals surface area contributed by atoms with Crippen molar-refractivity contribution in [1.29, 1.82) is 0 Å². The molecule has 0 saturated carbocycles. The van der Waals surface area contributed by atoms with E-state index >= 15 is 0 Å². The van der Waals surface area contributed by atoms with Gasteiger partial charge in [-0.15, -0.1) is 6.58 Å². The van der Waals surface area contributed by atoms with Gasteiger partial charge in [-0.3, -0.25) is 9.69 Å². The van der Waals surface area contributed by atoms with E-state index in [0.717, 1.165) is 10.9 Å². The zero-order valence-electron chi connectivity index (χ0n) is 13.2. The molecule has 1 aromatic heterocycles. The predicted molar refractivity (Wildman–Crippen MR) is 102 cm³/mol. The minimum Gasteiger partial charge on any atom is -0.344 e. The van der Waals surface area contributed by atoms with Gasteiger partial charge < -0.3 is 4.57 Å². The number of carbonyl (C=O) groups excluding carboxylic acids is 1. The quantitative estimate of drug-likeness (QED) is 0.461. The van der Waals surface area contributed by atoms with E-state index in [1.165, 1.54) is 17.3 Å². The summed E-state index contributed by atoms with van der Waals surface area (Å²) in [6.07, 6.45) is 5.75. The van der Waals surface area contributed by atoms with Gasteiger partial charge in [0, 0.05) is 35.2 Å². The molecule has 1 aliphatic heterocycles. The van der Waals surface area contributed by atoms with Gasteiger partial charge in [0.25, 0.3) is 5.91 Å². The van der Waals surface area contributed by atoms with E-state index in [4.69, 9.17) is 12.2 Å². The predicted octanol–water partition coefficient (Wildman–Crippen LogP) is 4.61. The van der Waals surface area contributed by atoms with Crippen molar-refractivity contribution in [3.63, 3.8) is 0 Å². The van der Waals surface area contributed by atoms with Crippen molar-refractivity contribution in [3.05, 3.63) is 53.6 Å². The molecule has 0 atom stereocenters. The lowest BCUT2D eigenvalue weighted by atomic mass is 10.1. The summed E-state index contributed by atoms with van der Waals surface area (Å²) in [6.45, 7) is 8.44. The van der Waals surface area contributed by atoms with Crippen molar-refractivity contribution < 1.29 is 4.79 Å². The summed E-state index contributed by atoms with van der Waals surface area (Å²) in [7, 11) is 0. The van der Waals surface area contributed by atoms with E-state index in [0.29, 0.717) is 21.8 Å². The summed E-state index contributed by atoms with van der Waals surface area (Å²) in [4.78, 5) is 14.7. The fourth-order valence-corrected chi connectivity index (χ4v) is 3.97. The average molecular weight is 342 g/mol. The van der Waals surface area contributed by atoms with Crippen molar-refractivity contribution in [2.24, 2.45) is 0 Å². The number of fused-ring (bicyclic) bond motifs is 1. The first-order valence-corrected chi connectivity index (χ1v) is 8.71. The Balaban J connectivity index is 2.07. The minimum absolute atomic E-state index is 0.0405. The molecule has 1 saturated heterocycles. The van der Waals surface area contributed by atoms with E-state index in [-0.39, 0.29) is 5.91 Å². The molecule has 5 heteroatoms. The lowest BCUT2D eigenvalue weighted by molar-refractivity contribution is -0.121. The van der Waals surface area contributed by atoms with Crippen LogP contribution in [-0.2, 0) is 4.79 Å². The standard InChI is InChI=1S/C18H18N2OS2/c1-4-9-19-17(21)16(23-18(19)22)10-13-11-20(12(2)3)15-8-6-5-7-14(13)15/h4-8,10-12H,1,9H2,2-3H3/b16-10-. The van der Waals surface area contributed by atoms with Crippen LogP contribution in [0.15, 0.2) is 48.0 Å². The average Bonchev–Trinajstić information content (AvgIpc) is 3.02. The number of aromatic nitrogens is 1. The Kier molecular flexibility index (Phi) is 4.41. The Morgan fingerprint density at radius 1 is 1.35 bits per heavy atom. The third-order valence-electron chi connectivity index (χ3n) is 3.80. The zero-order valence-corrected chi connectivity index (χ0v) is 14.8. The van der Waals surface area contributed by atoms with Gasteiger partial charge in [0.2, 0.25) is 0 Å². The van der Waals surface area contributed by atoms with Gasteiger partial charge in [-0.25, -0.2) is 0 Å². The van der Waals surface area contributed by atoms with Crippen molar-refractivity contribution in [3.8, 4) is 0 Å². The molecule has 1 amide bonds. The Morgan fingerprint density at radius 3 is 2.78 bits per heavy atom. The maximum atomic E-state index is 12.5. The molecule has 1 aromatic carbocycles. The molecule has 0 radical (unpaired) electrons. The third kappa shape index (κ3) is 2.86. The van der Waals surface area contributed by atoms with Crippen molar-refractivity contribution >= 4 is 51.2 Å². The molecule has 23 heavy (non-hydrogen) atoms. The van der Waals surface area contributed by atoms with Crippen LogP contribution in [0.1, 0.15) is 25.5 Å². The first-order valence-electron chi connectivity index (χ1n) is 7.48. The monoisotopic (exact) mass is 342 g/mol. The van der Waals surface area contributed by atoms with Crippen LogP contribution in [0.5, 0.6) is 0 Å². The minimum atomic E-state index is -0.0405. The second-order valence-corrected chi connectivity index (χ2v) is 7.36. The normalized spacial score (nSPS) is 17.0. The smallest absolute Gasteiger partial charge is 0.266 e. The number of thioether (sulfide) groups is 1. The van der Waals surface area contributed by atoms with Crippen LogP contribution in [0, 0.1) is 0 Å². The summed E-state index contributed by atoms with van der Waals surface area (Å²) < 4.78 is 2.82. The molecular weight excluding hydrogens is 324 g/mol. The molecular formula is C18H18N2OS2. The van der Waals surface area contributed by atoms with Crippen LogP contribution in [0.3, 0.4) is 0 Å². The molecule has 1 aliphatic rings. The number of amides is 1. The maximum absolute atomic E-state index is 12.5. The summed E-state index contributed by atoms with van der Waals surface area (Å²) >= 11 is 6.65. The lowest BCUT2D eigenvalue weighted by Crippen LogP contribution is -2.27. The van der Waals surface area contributed by atoms with Crippen molar-refractivity contribution in [1.82, 2.24) is 9.47 Å². The van der Waals surface area contributed by atoms with Gasteiger partial charge in [0.05, 0.1) is 4.91 Å². The number of nitrogens with zero attached hydrogens (tertiary/aromatic N) is 2. The molecule has 0 N–H and O–H groups in total. The summed E-state index contributed by atoms with van der Waals surface area (Å²) in [5.74, 6) is -0.0405. The van der Waals surface area contributed by atoms with Gasteiger partial charge in [-0.05, 0) is 26.0 Å². The number of para-hydroxylation sites is 1. The number of thiocarbonyl (C=S) groups is 1. The fraction of sp³-hybridized carbons (Fsp3) is 0.222. The highest BCUT2D eigenvalue weighted by Crippen LogP contribution is 2.34. The number of hydrogen-bond donors (Lipinski definition) is 0. The highest BCUT2D eigenvalue weighted by Gasteiger charge is 2.31. The summed E-state index contributed by atoms with van der Waals surface area (Å²) in [5, 5.41) is 1.15. The molecule has 3 rings (SSSR count). The molecule has 1 fully saturated rings. The van der Waals surface area contributed by atoms with Gasteiger partial charge in [0.1, 0.15) is 4.32 Å². The van der Waals surface area contributed by atoms with E-state index in [9.17, 15) is 4.79 Å². The van der Waals surface area contributed by atoms with Crippen LogP contribution in [0.25, 0.3) is 17.0 Å². The first kappa shape index (κ1) is 16.0. The molecule has 3 nitrogen and oxygen atoms in total. The fourth-order valence-electron chi connectivity index (χ4n) is 2.70. The molecule has 0 bridgehead atoms. The SMILES string of the molecule is C=CCN1C(=O)/C(=C/c2cn(C(C)C)c3ccccc23)SC1=S. The zero-order chi connectivity index (χ0) is 16.6. The lowest BCUT2D eigenvalue weighted by Gasteiger charge is -2.10. The third-order valence-corrected chi connectivity index (χ3v) is 5.18. The van der Waals surface area contributed by atoms with Crippen LogP contribution in [-0.4, -0.2) is 26.2 Å². The van der Waals surface area contributed by atoms with Crippen molar-refractivity contribution in [2.75, 3.05) is 6.54 Å². The Hall–Kier alpha value is -1.85. The number of benzene rings is 1. The second-order valence-electron chi connectivity index (χ2n) is 5.68. The molecule has 2 aromatic rings. The van der Waals surface area contributed by atoms with E-state index in [2.05, 4.69) is 43.3 Å². The summed E-state index contributed by atoms with van der Waals surface area (Å²) in [5.41, 5.74) is 2.23. The number of rotatable bonds is 4. The van der Waals surface area contributed by atoms with Gasteiger partial charge in [-0.2, -0.15) is 0 Å². The Labute approximate surface area is 145 Å². The maximum Gasteiger partial charge on any atom is 0.266 e. The first-order chi connectivity index (χ1) is 11.0. The second kappa shape index (κ2) is 6.34. The highest BCUT2D eigenvalue weighted by atomic mass is 32.2. The topological polar surface area (TPSA) is 25.2 Å². The highest BCUT2D eigenvalue weighted by molar-refractivity contribution is 8.26. The van der Waals surface area contributed by atoms with Crippen molar-refractivity contribution in [2.45, 2.75) is 19.9 Å². The van der Waals surface area contributed by atoms with Crippen LogP contribution in [0.2, 0.25) is 0 Å². The molecule has 118 valence electrons. The summed E-state index contributed by atoms with van der Waals surface area (Å²) in [6, 6.07) is 8.61. The van der Waals surface area contributed by atoms with Gasteiger partial charge in [-0.1, -0.05) is 48.3 Å². The van der Waals surface area contributed by atoms with Crippen LogP contribution in [0.4, 0.5) is 0 Å². The van der Waals surface area contributed by atoms with E-state index in [1.54, 1.807) is 11.0 Å². The van der Waals surface area contributed by atoms with Crippen LogP contribution < -0.4 is 0 Å². The molecule has 0 spiro atoms. The molecule has 0 unspecified atom stereocenters. The number of carbonyl (C=O) groups is 1. The van der Waals surface area contributed by atoms with E-state index < -0.39 is 0 Å². The largest absolute Gasteiger partial charge is 0.344 e. The van der Waals surface area contributed by atoms with Gasteiger partial charge in [0.15, 0.2) is 0 Å². The van der Waals surface area contributed by atoms with Crippen LogP contribution >= 0.6 is 24.0 Å². The van der Waals surface area contributed by atoms with Gasteiger partial charge >= 0.3 is 0 Å². The Morgan fingerprint density at radius 2 is 2.09 bits per heavy atom.